The summed E-state index contributed by atoms with van der Waals surface area (Å²) in [4.78, 5) is 16.3. The zero-order chi connectivity index (χ0) is 27.1. The van der Waals surface area contributed by atoms with Crippen LogP contribution in [0.25, 0.3) is 0 Å². The molecule has 1 spiro atoms. The Kier molecular flexibility index (Phi) is 7.61. The van der Waals surface area contributed by atoms with Gasteiger partial charge >= 0.3 is 0 Å². The monoisotopic (exact) mass is 571 g/mol. The van der Waals surface area contributed by atoms with E-state index in [0.29, 0.717) is 21.8 Å². The van der Waals surface area contributed by atoms with Gasteiger partial charge in [0.1, 0.15) is 16.7 Å². The van der Waals surface area contributed by atoms with Gasteiger partial charge in [-0.15, -0.1) is 0 Å². The molecule has 5 rings (SSSR count). The summed E-state index contributed by atoms with van der Waals surface area (Å²) in [5.41, 5.74) is 15.1. The molecule has 0 saturated carbocycles. The largest absolute Gasteiger partial charge is 0.382 e. The molecular weight excluding hydrogens is 538 g/mol. The average Bonchev–Trinajstić information content (AvgIpc) is 2.90. The Bertz CT molecular complexity index is 1360. The molecule has 6 N–H and O–H groups in total. The van der Waals surface area contributed by atoms with Crippen LogP contribution < -0.4 is 21.5 Å². The average molecular weight is 572 g/mol. The summed E-state index contributed by atoms with van der Waals surface area (Å²) in [5.74, 6) is 1.80. The predicted octanol–water partition coefficient (Wildman–Crippen LogP) is 4.73. The Morgan fingerprint density at radius 2 is 1.89 bits per heavy atom. The molecule has 0 radical (unpaired) electrons. The van der Waals surface area contributed by atoms with Gasteiger partial charge in [-0.1, -0.05) is 47.6 Å². The van der Waals surface area contributed by atoms with Crippen LogP contribution in [0.5, 0.6) is 0 Å². The summed E-state index contributed by atoms with van der Waals surface area (Å²) in [5, 5.41) is 6.87. The number of rotatable bonds is 6. The molecule has 0 amide bonds. The van der Waals surface area contributed by atoms with Crippen molar-refractivity contribution in [1.82, 2.24) is 15.0 Å². The lowest BCUT2D eigenvalue weighted by molar-refractivity contribution is 0.166. The molecule has 1 fully saturated rings. The molecule has 8 nitrogen and oxygen atoms in total. The molecule has 3 aromatic rings. The van der Waals surface area contributed by atoms with Crippen molar-refractivity contribution < 1.29 is 4.21 Å². The summed E-state index contributed by atoms with van der Waals surface area (Å²) in [7, 11) is -1.38. The molecule has 38 heavy (non-hydrogen) atoms. The highest BCUT2D eigenvalue weighted by Crippen LogP contribution is 2.51. The maximum atomic E-state index is 12.3. The molecule has 1 aliphatic heterocycles. The van der Waals surface area contributed by atoms with Crippen molar-refractivity contribution in [2.75, 3.05) is 29.5 Å². The van der Waals surface area contributed by atoms with Crippen molar-refractivity contribution in [3.8, 4) is 0 Å². The zero-order valence-corrected chi connectivity index (χ0v) is 24.1. The van der Waals surface area contributed by atoms with Gasteiger partial charge in [-0.3, -0.25) is 5.14 Å². The Morgan fingerprint density at radius 1 is 1.16 bits per heavy atom. The number of piperidine rings is 1. The third kappa shape index (κ3) is 5.11. The molecule has 1 saturated heterocycles. The number of nitrogen functional groups attached to an aromatic ring is 2. The highest BCUT2D eigenvalue weighted by molar-refractivity contribution is 7.99. The van der Waals surface area contributed by atoms with Gasteiger partial charge in [0.15, 0.2) is 5.82 Å². The highest BCUT2D eigenvalue weighted by Gasteiger charge is 2.48. The fraction of sp³-hybridized carbons (Fsp3) is 0.444. The summed E-state index contributed by atoms with van der Waals surface area (Å²) >= 11 is 7.62. The van der Waals surface area contributed by atoms with Crippen molar-refractivity contribution >= 4 is 51.8 Å². The van der Waals surface area contributed by atoms with Gasteiger partial charge in [-0.2, -0.15) is 0 Å². The second-order valence-electron chi connectivity index (χ2n) is 10.8. The molecule has 3 heterocycles. The van der Waals surface area contributed by atoms with E-state index in [1.54, 1.807) is 18.5 Å². The third-order valence-electron chi connectivity index (χ3n) is 8.20. The molecule has 11 heteroatoms. The van der Waals surface area contributed by atoms with E-state index in [4.69, 9.17) is 33.2 Å². The van der Waals surface area contributed by atoms with Crippen LogP contribution in [0.15, 0.2) is 52.6 Å². The van der Waals surface area contributed by atoms with E-state index in [1.807, 2.05) is 13.8 Å². The molecule has 1 unspecified atom stereocenters. The van der Waals surface area contributed by atoms with Gasteiger partial charge in [-0.05, 0) is 69.1 Å². The second-order valence-corrected chi connectivity index (χ2v) is 13.9. The van der Waals surface area contributed by atoms with Crippen molar-refractivity contribution in [3.05, 3.63) is 58.9 Å². The molecule has 2 aromatic heterocycles. The number of aryl methyl sites for hydroxylation is 1. The zero-order valence-electron chi connectivity index (χ0n) is 21.7. The molecule has 1 aromatic carbocycles. The minimum absolute atomic E-state index is 0.0226. The van der Waals surface area contributed by atoms with Gasteiger partial charge in [0.25, 0.3) is 0 Å². The van der Waals surface area contributed by atoms with Crippen LogP contribution in [-0.2, 0) is 22.8 Å². The first kappa shape index (κ1) is 27.2. The fourth-order valence-corrected chi connectivity index (χ4v) is 7.45. The third-order valence-corrected chi connectivity index (χ3v) is 11.0. The van der Waals surface area contributed by atoms with Gasteiger partial charge < -0.3 is 16.4 Å². The lowest BCUT2D eigenvalue weighted by Crippen LogP contribution is -2.51. The van der Waals surface area contributed by atoms with Crippen LogP contribution in [0.1, 0.15) is 50.7 Å². The Hall–Kier alpha value is -2.40. The van der Waals surface area contributed by atoms with Crippen LogP contribution in [0.4, 0.5) is 17.5 Å². The van der Waals surface area contributed by atoms with Gasteiger partial charge in [-0.25, -0.2) is 19.2 Å². The van der Waals surface area contributed by atoms with E-state index in [-0.39, 0.29) is 11.2 Å². The van der Waals surface area contributed by atoms with E-state index >= 15 is 0 Å². The molecule has 2 atom stereocenters. The van der Waals surface area contributed by atoms with E-state index in [1.165, 1.54) is 22.9 Å². The smallest absolute Gasteiger partial charge is 0.158 e. The van der Waals surface area contributed by atoms with Gasteiger partial charge in [0.05, 0.1) is 27.0 Å². The first-order chi connectivity index (χ1) is 18.1. The number of pyridine rings is 1. The van der Waals surface area contributed by atoms with Crippen LogP contribution in [0, 0.1) is 5.92 Å². The van der Waals surface area contributed by atoms with E-state index in [0.717, 1.165) is 55.9 Å². The number of anilines is 3. The van der Waals surface area contributed by atoms with Crippen molar-refractivity contribution in [1.29, 1.82) is 0 Å². The van der Waals surface area contributed by atoms with Crippen LogP contribution >= 0.6 is 23.4 Å². The molecule has 202 valence electrons. The number of halogens is 1. The van der Waals surface area contributed by atoms with Gasteiger partial charge in [0.2, 0.25) is 0 Å². The normalized spacial score (nSPS) is 19.8. The summed E-state index contributed by atoms with van der Waals surface area (Å²) in [6, 6.07) is 10.6. The number of hydrogen-bond acceptors (Lipinski definition) is 8. The summed E-state index contributed by atoms with van der Waals surface area (Å²) < 4.78 is 11.9. The van der Waals surface area contributed by atoms with E-state index < -0.39 is 15.7 Å². The number of nitrogens with two attached hydrogens (primary N) is 3. The minimum Gasteiger partial charge on any atom is -0.382 e. The van der Waals surface area contributed by atoms with Crippen molar-refractivity contribution in [2.45, 2.75) is 66.0 Å². The standard InChI is InChI=1S/C27H34ClN7OS2/c1-26(2,38(31)36)15-18-8-7-17-5-3-4-6-19(17)27(18)10-13-35(14-11-27)21-16-33-25(24(30)34-21)37-20-9-12-32-23(29)22(20)28/h3-6,9,12,16,18H,7-8,10-11,13-15,31H2,1-2H3,(H2,29,32)(H2,30,34)/t18-,38?/m1/s1. The lowest BCUT2D eigenvalue weighted by atomic mass is 9.57. The molecule has 1 aliphatic carbocycles. The SMILES string of the molecule is CC(C)(C[C@H]1CCc2ccccc2C12CCN(c1cnc(Sc3ccnc(N)c3Cl)c(N)n1)CC2)S(N)=O. The summed E-state index contributed by atoms with van der Waals surface area (Å²) in [6.07, 6.45) is 8.31. The van der Waals surface area contributed by atoms with Crippen LogP contribution in [0.2, 0.25) is 5.02 Å². The van der Waals surface area contributed by atoms with Crippen LogP contribution in [-0.4, -0.2) is 37.0 Å². The Labute approximate surface area is 235 Å². The van der Waals surface area contributed by atoms with E-state index in [2.05, 4.69) is 39.1 Å². The number of fused-ring (bicyclic) bond motifs is 2. The molecular formula is C27H34ClN7OS2. The second kappa shape index (κ2) is 10.6. The lowest BCUT2D eigenvalue weighted by Gasteiger charge is -2.52. The molecule has 0 bridgehead atoms. The van der Waals surface area contributed by atoms with Gasteiger partial charge in [0, 0.05) is 29.6 Å². The van der Waals surface area contributed by atoms with Crippen molar-refractivity contribution in [3.63, 3.8) is 0 Å². The first-order valence-electron chi connectivity index (χ1n) is 12.8. The van der Waals surface area contributed by atoms with Crippen LogP contribution in [0.3, 0.4) is 0 Å². The summed E-state index contributed by atoms with van der Waals surface area (Å²) in [6.45, 7) is 5.73. The fourth-order valence-electron chi connectivity index (χ4n) is 6.07. The number of hydrogen-bond donors (Lipinski definition) is 3. The number of benzene rings is 1. The van der Waals surface area contributed by atoms with E-state index in [9.17, 15) is 4.21 Å². The maximum absolute atomic E-state index is 12.3. The first-order valence-corrected chi connectivity index (χ1v) is 15.2. The molecule has 2 aliphatic rings. The highest BCUT2D eigenvalue weighted by atomic mass is 35.5. The Balaban J connectivity index is 1.37. The Morgan fingerprint density at radius 3 is 2.61 bits per heavy atom. The minimum atomic E-state index is -1.38. The quantitative estimate of drug-likeness (QED) is 0.386. The maximum Gasteiger partial charge on any atom is 0.158 e. The van der Waals surface area contributed by atoms with Crippen molar-refractivity contribution in [2.24, 2.45) is 11.1 Å². The topological polar surface area (TPSA) is 137 Å². The predicted molar refractivity (Wildman–Crippen MR) is 157 cm³/mol. The number of aromatic nitrogens is 3. The number of nitrogens with zero attached hydrogens (tertiary/aromatic N) is 4.